The lowest BCUT2D eigenvalue weighted by molar-refractivity contribution is -0.265. The highest BCUT2D eigenvalue weighted by Gasteiger charge is 2.53. The number of nitrogens with zero attached hydrogens (tertiary/aromatic N) is 6. The van der Waals surface area contributed by atoms with Gasteiger partial charge in [-0.05, 0) is 108 Å². The standard InChI is InChI=1S/C66H103N9O16/c1-40-17-13-12-14-18-41(2)52(86-9)33-48-22-20-45(6)66(85,91-48)61(81)62(82)75-24-16-15-19-50(75)63(83)89-54(34-53(87-10)42(3)30-44(5)59(79)60(80)58(78)43(4)29-40)49(67)31-46-21-23-51(55(32-46)88-11)90-65(84)71-37-47-35-69-64(70-36-47)74-27-25-73(26-28-74)57(77)39-72(8)38-56(76)68-7/h12-14,17-18,30,35-36,40,42-43,45-46,48-55,59-60,79-80,85H,15-16,19-29,31-34,37-39,67H2,1-11H3,(H,68,76)(H,71,84)/b14-12+,17-13+,41-18+,44-30+/t40-,42-,43-,45-,46+,48+,49-,50+,51-,52+,53-,54+,55-,59-,60+,66-/m1/s1. The van der Waals surface area contributed by atoms with Gasteiger partial charge in [0.2, 0.25) is 23.5 Å². The Hall–Kier alpha value is -6.03. The summed E-state index contributed by atoms with van der Waals surface area (Å²) in [5.41, 5.74) is 8.97. The molecule has 5 aliphatic rings. The van der Waals surface area contributed by atoms with Crippen LogP contribution >= 0.6 is 0 Å². The monoisotopic (exact) mass is 1280 g/mol. The molecule has 4 amide bonds. The molecular formula is C66H103N9O16. The number of piperidine rings is 1. The highest BCUT2D eigenvalue weighted by Crippen LogP contribution is 2.38. The number of carbonyl (C=O) groups excluding carboxylic acids is 7. The van der Waals surface area contributed by atoms with Gasteiger partial charge in [-0.25, -0.2) is 19.6 Å². The summed E-state index contributed by atoms with van der Waals surface area (Å²) >= 11 is 0. The van der Waals surface area contributed by atoms with Gasteiger partial charge in [0, 0.05) is 122 Å². The smallest absolute Gasteiger partial charge is 0.407 e. The third-order valence-corrected chi connectivity index (χ3v) is 18.8. The van der Waals surface area contributed by atoms with Crippen LogP contribution in [0.1, 0.15) is 124 Å². The van der Waals surface area contributed by atoms with E-state index in [1.807, 2.05) is 56.1 Å². The van der Waals surface area contributed by atoms with Gasteiger partial charge in [-0.1, -0.05) is 64.2 Å². The molecule has 3 saturated heterocycles. The van der Waals surface area contributed by atoms with Crippen molar-refractivity contribution in [3.63, 3.8) is 0 Å². The maximum Gasteiger partial charge on any atom is 0.407 e. The van der Waals surface area contributed by atoms with E-state index in [0.29, 0.717) is 101 Å². The first-order valence-corrected chi connectivity index (χ1v) is 32.4. The Kier molecular flexibility index (Phi) is 28.7. The molecule has 0 spiro atoms. The summed E-state index contributed by atoms with van der Waals surface area (Å²) in [5.74, 6) is -7.73. The van der Waals surface area contributed by atoms with Gasteiger partial charge in [0.05, 0.1) is 37.5 Å². The van der Waals surface area contributed by atoms with Crippen LogP contribution in [-0.2, 0) is 63.7 Å². The van der Waals surface area contributed by atoms with Crippen molar-refractivity contribution in [1.82, 2.24) is 35.3 Å². The maximum atomic E-state index is 14.8. The molecule has 1 aliphatic carbocycles. The average molecular weight is 1280 g/mol. The van der Waals surface area contributed by atoms with Crippen molar-refractivity contribution in [2.75, 3.05) is 86.1 Å². The van der Waals surface area contributed by atoms with E-state index in [0.717, 1.165) is 5.57 Å². The summed E-state index contributed by atoms with van der Waals surface area (Å²) in [4.78, 5) is 111. The Morgan fingerprint density at radius 1 is 0.813 bits per heavy atom. The number of amides is 4. The zero-order chi connectivity index (χ0) is 66.7. The number of ketones is 2. The Morgan fingerprint density at radius 3 is 2.19 bits per heavy atom. The second-order valence-electron chi connectivity index (χ2n) is 25.8. The third kappa shape index (κ3) is 20.7. The normalized spacial score (nSPS) is 33.9. The van der Waals surface area contributed by atoms with Crippen molar-refractivity contribution in [2.45, 2.75) is 192 Å². The van der Waals surface area contributed by atoms with Gasteiger partial charge in [-0.2, -0.15) is 0 Å². The number of carbonyl (C=O) groups is 7. The molecule has 4 fully saturated rings. The predicted octanol–water partition coefficient (Wildman–Crippen LogP) is 3.71. The quantitative estimate of drug-likeness (QED) is 0.0878. The zero-order valence-corrected chi connectivity index (χ0v) is 55.3. The molecule has 0 radical (unpaired) electrons. The maximum absolute atomic E-state index is 14.8. The number of cyclic esters (lactones) is 1. The Balaban J connectivity index is 1.14. The number of anilines is 1. The number of fused-ring (bicyclic) bond motifs is 3. The van der Waals surface area contributed by atoms with Crippen molar-refractivity contribution < 1.29 is 77.3 Å². The van der Waals surface area contributed by atoms with Gasteiger partial charge in [-0.3, -0.25) is 28.9 Å². The summed E-state index contributed by atoms with van der Waals surface area (Å²) in [5, 5.41) is 40.1. The lowest BCUT2D eigenvalue weighted by Crippen LogP contribution is -2.61. The van der Waals surface area contributed by atoms with Crippen LogP contribution in [-0.4, -0.2) is 229 Å². The number of hydrogen-bond acceptors (Lipinski definition) is 21. The number of piperazine rings is 1. The van der Waals surface area contributed by atoms with Crippen LogP contribution in [0.2, 0.25) is 0 Å². The fraction of sp³-hybridized carbons (Fsp3) is 0.712. The number of rotatable bonds is 14. The van der Waals surface area contributed by atoms with Crippen LogP contribution in [0.15, 0.2) is 60.0 Å². The summed E-state index contributed by atoms with van der Waals surface area (Å²) in [6.45, 7) is 13.1. The number of ether oxygens (including phenoxy) is 6. The van der Waals surface area contributed by atoms with E-state index >= 15 is 0 Å². The molecule has 508 valence electrons. The number of aliphatic hydroxyl groups excluding tert-OH is 2. The first-order chi connectivity index (χ1) is 43.3. The second kappa shape index (κ2) is 35.3. The minimum Gasteiger partial charge on any atom is -0.459 e. The number of aliphatic hydroxyl groups is 3. The number of nitrogens with two attached hydrogens (primary N) is 1. The average Bonchev–Trinajstić information content (AvgIpc) is 0.875. The molecule has 1 aromatic rings. The predicted molar refractivity (Wildman–Crippen MR) is 338 cm³/mol. The highest BCUT2D eigenvalue weighted by molar-refractivity contribution is 6.39. The first-order valence-electron chi connectivity index (χ1n) is 32.4. The number of esters is 1. The van der Waals surface area contributed by atoms with Crippen molar-refractivity contribution >= 4 is 47.3 Å². The molecule has 1 aromatic heterocycles. The van der Waals surface area contributed by atoms with Crippen LogP contribution in [0.4, 0.5) is 10.7 Å². The molecule has 91 heavy (non-hydrogen) atoms. The fourth-order valence-corrected chi connectivity index (χ4v) is 13.0. The van der Waals surface area contributed by atoms with Crippen molar-refractivity contribution in [3.05, 3.63) is 65.6 Å². The number of aromatic nitrogens is 2. The number of nitrogens with one attached hydrogen (secondary N) is 2. The summed E-state index contributed by atoms with van der Waals surface area (Å²) in [7, 11) is 7.87. The summed E-state index contributed by atoms with van der Waals surface area (Å²) < 4.78 is 36.4. The topological polar surface area (TPSA) is 324 Å². The Morgan fingerprint density at radius 2 is 1.52 bits per heavy atom. The fourth-order valence-electron chi connectivity index (χ4n) is 13.0. The van der Waals surface area contributed by atoms with Crippen LogP contribution in [0, 0.1) is 29.6 Å². The molecule has 1 saturated carbocycles. The molecule has 25 nitrogen and oxygen atoms in total. The van der Waals surface area contributed by atoms with Gasteiger partial charge >= 0.3 is 12.1 Å². The Bertz CT molecular complexity index is 2720. The largest absolute Gasteiger partial charge is 0.459 e. The molecular weight excluding hydrogens is 1170 g/mol. The minimum atomic E-state index is -2.48. The lowest BCUT2D eigenvalue weighted by Gasteiger charge is -2.43. The molecule has 0 aromatic carbocycles. The molecule has 5 heterocycles. The lowest BCUT2D eigenvalue weighted by atomic mass is 9.80. The van der Waals surface area contributed by atoms with Gasteiger partial charge in [-0.15, -0.1) is 0 Å². The van der Waals surface area contributed by atoms with Gasteiger partial charge in [0.15, 0.2) is 5.78 Å². The molecule has 25 heteroatoms. The highest BCUT2D eigenvalue weighted by atomic mass is 16.6. The van der Waals surface area contributed by atoms with E-state index < -0.39 is 114 Å². The van der Waals surface area contributed by atoms with Gasteiger partial charge in [0.25, 0.3) is 11.7 Å². The number of methoxy groups -OCH3 is 3. The summed E-state index contributed by atoms with van der Waals surface area (Å²) in [6, 6.07) is -2.04. The van der Waals surface area contributed by atoms with E-state index in [2.05, 4.69) is 20.6 Å². The zero-order valence-electron chi connectivity index (χ0n) is 55.3. The van der Waals surface area contributed by atoms with E-state index in [1.54, 1.807) is 70.2 Å². The van der Waals surface area contributed by atoms with Crippen LogP contribution in [0.5, 0.6) is 0 Å². The number of Topliss-reactive ketones (excluding diaryl/α,β-unsaturated/α-hetero) is 2. The van der Waals surface area contributed by atoms with Crippen molar-refractivity contribution in [2.24, 2.45) is 35.3 Å². The third-order valence-electron chi connectivity index (χ3n) is 18.8. The van der Waals surface area contributed by atoms with Crippen LogP contribution in [0.25, 0.3) is 0 Å². The second-order valence-corrected chi connectivity index (χ2v) is 25.8. The first kappa shape index (κ1) is 74.0. The van der Waals surface area contributed by atoms with E-state index in [4.69, 9.17) is 34.2 Å². The summed E-state index contributed by atoms with van der Waals surface area (Å²) in [6.07, 6.45) is 11.0. The molecule has 4 aliphatic heterocycles. The molecule has 6 rings (SSSR count). The van der Waals surface area contributed by atoms with Crippen LogP contribution < -0.4 is 21.3 Å². The van der Waals surface area contributed by atoms with Gasteiger partial charge in [0.1, 0.15) is 30.5 Å². The minimum absolute atomic E-state index is 0.0353. The van der Waals surface area contributed by atoms with E-state index in [9.17, 15) is 48.9 Å². The number of alkyl carbamates (subject to hydrolysis) is 1. The Labute approximate surface area is 536 Å². The molecule has 7 N–H and O–H groups in total. The number of likely N-dealkylation sites (N-methyl/N-ethyl adjacent to an activating group) is 2. The van der Waals surface area contributed by atoms with Crippen molar-refractivity contribution in [1.29, 1.82) is 0 Å². The molecule has 16 atom stereocenters. The SMILES string of the molecule is CNC(=O)CN(C)CC(=O)N1CCN(c2ncc(CNC(=O)O[C@@H]3CC[C@@H](C[C@@H](N)[C@@H]4C[C@@H](OC)[C@H](C)/C=C(\C)[C@@H](O)[C@@H](O)C(=O)[C@H](C)C[C@H](C)/C=C/C=C/C=C(\C)[C@@H](OC)C[C@@H]5CC[C@@H](C)[C@@](O)(O5)C(=O)C(=O)N5CCCC[C@H]5C(=O)O4)C[C@H]3OC)cn2)CC1. The number of allylic oxidation sites excluding steroid dienone is 5. The van der Waals surface area contributed by atoms with Crippen molar-refractivity contribution in [3.8, 4) is 0 Å². The van der Waals surface area contributed by atoms with E-state index in [1.165, 1.54) is 19.1 Å². The molecule has 2 bridgehead atoms. The van der Waals surface area contributed by atoms with Gasteiger partial charge < -0.3 is 74.8 Å². The number of hydrogen-bond donors (Lipinski definition) is 6. The van der Waals surface area contributed by atoms with E-state index in [-0.39, 0.29) is 69.1 Å². The molecule has 0 unspecified atom stereocenters. The van der Waals surface area contributed by atoms with Crippen LogP contribution in [0.3, 0.4) is 0 Å².